The van der Waals surface area contributed by atoms with Crippen molar-refractivity contribution in [1.29, 1.82) is 0 Å². The summed E-state index contributed by atoms with van der Waals surface area (Å²) in [5.41, 5.74) is 1.81. The summed E-state index contributed by atoms with van der Waals surface area (Å²) in [5.74, 6) is 0.975. The fourth-order valence-electron chi connectivity index (χ4n) is 3.91. The third-order valence-electron chi connectivity index (χ3n) is 5.57. The summed E-state index contributed by atoms with van der Waals surface area (Å²) in [7, 11) is 0. The summed E-state index contributed by atoms with van der Waals surface area (Å²) in [6.45, 7) is 7.61. The molecule has 2 heterocycles. The van der Waals surface area contributed by atoms with E-state index in [4.69, 9.17) is 4.74 Å². The molecule has 2 N–H and O–H groups in total. The number of nitrogens with zero attached hydrogens (tertiary/aromatic N) is 1. The molecule has 162 valence electrons. The van der Waals surface area contributed by atoms with Crippen LogP contribution in [-0.4, -0.2) is 36.7 Å². The molecule has 30 heavy (non-hydrogen) atoms. The van der Waals surface area contributed by atoms with Gasteiger partial charge in [-0.05, 0) is 74.9 Å². The largest absolute Gasteiger partial charge is 0.493 e. The molecule has 6 nitrogen and oxygen atoms in total. The molecule has 1 unspecified atom stereocenters. The highest BCUT2D eigenvalue weighted by Gasteiger charge is 2.19. The van der Waals surface area contributed by atoms with Gasteiger partial charge in [-0.3, -0.25) is 9.59 Å². The molecule has 3 rings (SSSR count). The number of hydrogen-bond acceptors (Lipinski definition) is 4. The number of aryl methyl sites for hydroxylation is 1. The first kappa shape index (κ1) is 22.1. The third-order valence-corrected chi connectivity index (χ3v) is 5.57. The number of ether oxygens (including phenoxy) is 1. The number of piperidine rings is 1. The van der Waals surface area contributed by atoms with Gasteiger partial charge in [0.25, 0.3) is 11.5 Å². The maximum absolute atomic E-state index is 13.0. The topological polar surface area (TPSA) is 72.4 Å². The van der Waals surface area contributed by atoms with Gasteiger partial charge >= 0.3 is 0 Å². The Morgan fingerprint density at radius 3 is 2.90 bits per heavy atom. The van der Waals surface area contributed by atoms with Crippen LogP contribution in [0.25, 0.3) is 0 Å². The minimum absolute atomic E-state index is 0.204. The molecule has 6 heteroatoms. The van der Waals surface area contributed by atoms with Gasteiger partial charge in [-0.1, -0.05) is 25.1 Å². The smallest absolute Gasteiger partial charge is 0.263 e. The number of carbonyl (C=O) groups is 1. The van der Waals surface area contributed by atoms with Crippen LogP contribution in [0, 0.1) is 12.8 Å². The summed E-state index contributed by atoms with van der Waals surface area (Å²) in [4.78, 5) is 25.8. The second-order valence-corrected chi connectivity index (χ2v) is 8.01. The average molecular weight is 412 g/mol. The minimum Gasteiger partial charge on any atom is -0.493 e. The normalized spacial score (nSPS) is 16.3. The fourth-order valence-corrected chi connectivity index (χ4v) is 3.91. The van der Waals surface area contributed by atoms with Gasteiger partial charge in [-0.25, -0.2) is 0 Å². The average Bonchev–Trinajstić information content (AvgIpc) is 2.76. The van der Waals surface area contributed by atoms with Gasteiger partial charge in [0.1, 0.15) is 11.3 Å². The second-order valence-electron chi connectivity index (χ2n) is 8.01. The summed E-state index contributed by atoms with van der Waals surface area (Å²) >= 11 is 0. The van der Waals surface area contributed by atoms with Gasteiger partial charge in [0.2, 0.25) is 0 Å². The van der Waals surface area contributed by atoms with Crippen LogP contribution in [-0.2, 0) is 13.0 Å². The van der Waals surface area contributed by atoms with E-state index in [1.807, 2.05) is 43.5 Å². The Kier molecular flexibility index (Phi) is 8.08. The molecule has 0 saturated carbocycles. The van der Waals surface area contributed by atoms with Crippen molar-refractivity contribution in [3.05, 3.63) is 63.6 Å². The van der Waals surface area contributed by atoms with Crippen LogP contribution in [0.2, 0.25) is 0 Å². The van der Waals surface area contributed by atoms with Gasteiger partial charge in [0, 0.05) is 19.3 Å². The summed E-state index contributed by atoms with van der Waals surface area (Å²) in [6, 6.07) is 9.74. The first-order valence-electron chi connectivity index (χ1n) is 11.0. The first-order chi connectivity index (χ1) is 14.6. The number of pyridine rings is 1. The van der Waals surface area contributed by atoms with E-state index in [9.17, 15) is 9.59 Å². The van der Waals surface area contributed by atoms with Crippen LogP contribution < -0.4 is 20.9 Å². The number of para-hydroxylation sites is 1. The minimum atomic E-state index is -0.305. The van der Waals surface area contributed by atoms with E-state index < -0.39 is 0 Å². The van der Waals surface area contributed by atoms with E-state index in [0.29, 0.717) is 37.6 Å². The quantitative estimate of drug-likeness (QED) is 0.666. The second kappa shape index (κ2) is 11.0. The Bertz CT molecular complexity index is 901. The van der Waals surface area contributed by atoms with Crippen LogP contribution in [0.3, 0.4) is 0 Å². The van der Waals surface area contributed by atoms with Gasteiger partial charge in [0.15, 0.2) is 0 Å². The van der Waals surface area contributed by atoms with Crippen LogP contribution >= 0.6 is 0 Å². The molecule has 0 spiro atoms. The zero-order valence-electron chi connectivity index (χ0n) is 18.1. The van der Waals surface area contributed by atoms with Crippen molar-refractivity contribution in [2.45, 2.75) is 46.1 Å². The molecule has 1 aromatic heterocycles. The highest BCUT2D eigenvalue weighted by Crippen LogP contribution is 2.18. The zero-order chi connectivity index (χ0) is 21.3. The van der Waals surface area contributed by atoms with Gasteiger partial charge in [-0.15, -0.1) is 0 Å². The van der Waals surface area contributed by atoms with Crippen LogP contribution in [0.15, 0.2) is 41.3 Å². The number of amides is 1. The van der Waals surface area contributed by atoms with Crippen molar-refractivity contribution in [1.82, 2.24) is 15.2 Å². The predicted molar refractivity (Wildman–Crippen MR) is 119 cm³/mol. The Morgan fingerprint density at radius 1 is 1.30 bits per heavy atom. The van der Waals surface area contributed by atoms with E-state index in [1.54, 1.807) is 4.57 Å². The predicted octanol–water partition coefficient (Wildman–Crippen LogP) is 2.92. The van der Waals surface area contributed by atoms with Gasteiger partial charge < -0.3 is 19.9 Å². The highest BCUT2D eigenvalue weighted by molar-refractivity contribution is 5.95. The number of benzene rings is 1. The fraction of sp³-hybridized carbons (Fsp3) is 0.500. The molecule has 1 fully saturated rings. The van der Waals surface area contributed by atoms with Crippen LogP contribution in [0.5, 0.6) is 5.75 Å². The van der Waals surface area contributed by atoms with Crippen LogP contribution in [0.1, 0.15) is 47.7 Å². The third kappa shape index (κ3) is 5.72. The Hall–Kier alpha value is -2.60. The molecule has 1 amide bonds. The van der Waals surface area contributed by atoms with E-state index >= 15 is 0 Å². The molecule has 2 aromatic rings. The summed E-state index contributed by atoms with van der Waals surface area (Å²) in [5, 5.41) is 6.30. The number of hydrogen-bond donors (Lipinski definition) is 2. The van der Waals surface area contributed by atoms with Crippen molar-refractivity contribution in [2.75, 3.05) is 26.2 Å². The molecule has 0 aliphatic carbocycles. The monoisotopic (exact) mass is 411 g/mol. The van der Waals surface area contributed by atoms with E-state index in [-0.39, 0.29) is 17.0 Å². The van der Waals surface area contributed by atoms with Gasteiger partial charge in [-0.2, -0.15) is 0 Å². The van der Waals surface area contributed by atoms with E-state index in [0.717, 1.165) is 43.7 Å². The lowest BCUT2D eigenvalue weighted by molar-refractivity contribution is 0.0951. The molecule has 1 aliphatic rings. The molecule has 1 saturated heterocycles. The Balaban J connectivity index is 1.64. The molecule has 1 aromatic carbocycles. The Morgan fingerprint density at radius 2 is 2.13 bits per heavy atom. The summed E-state index contributed by atoms with van der Waals surface area (Å²) < 4.78 is 7.47. The highest BCUT2D eigenvalue weighted by atomic mass is 16.5. The maximum Gasteiger partial charge on any atom is 0.263 e. The van der Waals surface area contributed by atoms with Gasteiger partial charge in [0.05, 0.1) is 6.61 Å². The molecule has 0 bridgehead atoms. The number of aromatic nitrogens is 1. The molecular formula is C24H33N3O3. The number of carbonyl (C=O) groups excluding carboxylic acids is 1. The molecule has 1 atom stereocenters. The lowest BCUT2D eigenvalue weighted by atomic mass is 9.99. The van der Waals surface area contributed by atoms with E-state index in [2.05, 4.69) is 17.6 Å². The standard InChI is InChI=1S/C24H33N3O3/c1-3-15-30-21-9-5-4-8-20(21)10-13-26-23(28)22-18(2)11-14-27(24(22)29)17-19-7-6-12-25-16-19/h4-5,8-9,11,14,19,25H,3,6-7,10,12-13,15-17H2,1-2H3,(H,26,28). The van der Waals surface area contributed by atoms with Crippen molar-refractivity contribution in [3.63, 3.8) is 0 Å². The first-order valence-corrected chi connectivity index (χ1v) is 11.0. The SMILES string of the molecule is CCCOc1ccccc1CCNC(=O)c1c(C)ccn(CC2CCCNC2)c1=O. The van der Waals surface area contributed by atoms with Crippen molar-refractivity contribution in [3.8, 4) is 5.75 Å². The summed E-state index contributed by atoms with van der Waals surface area (Å²) in [6.07, 6.45) is 5.64. The van der Waals surface area contributed by atoms with Crippen molar-refractivity contribution in [2.24, 2.45) is 5.92 Å². The van der Waals surface area contributed by atoms with Crippen molar-refractivity contribution >= 4 is 5.91 Å². The Labute approximate surface area is 178 Å². The van der Waals surface area contributed by atoms with E-state index in [1.165, 1.54) is 0 Å². The lowest BCUT2D eigenvalue weighted by Gasteiger charge is -2.23. The molecular weight excluding hydrogens is 378 g/mol. The molecule has 0 radical (unpaired) electrons. The van der Waals surface area contributed by atoms with Crippen LogP contribution in [0.4, 0.5) is 0 Å². The van der Waals surface area contributed by atoms with Crippen molar-refractivity contribution < 1.29 is 9.53 Å². The maximum atomic E-state index is 13.0. The molecule has 1 aliphatic heterocycles. The lowest BCUT2D eigenvalue weighted by Crippen LogP contribution is -2.38. The number of nitrogens with one attached hydrogen (secondary N) is 2. The zero-order valence-corrected chi connectivity index (χ0v) is 18.1. The number of rotatable bonds is 9.